The average Bonchev–Trinajstić information content (AvgIpc) is 2.59. The number of aryl methyl sites for hydroxylation is 2. The third-order valence-electron chi connectivity index (χ3n) is 2.26. The van der Waals surface area contributed by atoms with Gasteiger partial charge in [0.2, 0.25) is 0 Å². The van der Waals surface area contributed by atoms with Gasteiger partial charge in [-0.1, -0.05) is 5.16 Å². The summed E-state index contributed by atoms with van der Waals surface area (Å²) in [6.07, 6.45) is -2.41. The van der Waals surface area contributed by atoms with E-state index >= 15 is 0 Å². The maximum Gasteiger partial charge on any atom is 0.255 e. The summed E-state index contributed by atoms with van der Waals surface area (Å²) >= 11 is 0. The third kappa shape index (κ3) is 5.15. The van der Waals surface area contributed by atoms with E-state index in [4.69, 9.17) is 4.52 Å². The number of nitrogens with one attached hydrogen (secondary N) is 2. The molecule has 5 nitrogen and oxygen atoms in total. The van der Waals surface area contributed by atoms with Crippen molar-refractivity contribution >= 4 is 29.9 Å². The van der Waals surface area contributed by atoms with E-state index in [1.807, 2.05) is 6.92 Å². The van der Waals surface area contributed by atoms with E-state index < -0.39 is 13.0 Å². The van der Waals surface area contributed by atoms with Crippen LogP contribution in [-0.2, 0) is 6.54 Å². The monoisotopic (exact) mass is 374 g/mol. The first-order valence-electron chi connectivity index (χ1n) is 5.19. The summed E-state index contributed by atoms with van der Waals surface area (Å²) in [4.78, 5) is 3.83. The molecule has 0 saturated heterocycles. The molecule has 0 aliphatic rings. The van der Waals surface area contributed by atoms with E-state index in [0.29, 0.717) is 18.3 Å². The second-order valence-corrected chi connectivity index (χ2v) is 3.50. The smallest absolute Gasteiger partial charge is 0.255 e. The molecule has 0 aromatic carbocycles. The summed E-state index contributed by atoms with van der Waals surface area (Å²) in [5, 5.41) is 9.22. The van der Waals surface area contributed by atoms with Crippen molar-refractivity contribution in [3.8, 4) is 0 Å². The molecule has 0 saturated carbocycles. The van der Waals surface area contributed by atoms with Crippen LogP contribution in [0.5, 0.6) is 0 Å². The maximum absolute atomic E-state index is 12.0. The van der Waals surface area contributed by atoms with Crippen LogP contribution in [0, 0.1) is 13.8 Å². The highest BCUT2D eigenvalue weighted by Gasteiger charge is 2.10. The van der Waals surface area contributed by atoms with Crippen molar-refractivity contribution in [2.24, 2.45) is 4.99 Å². The van der Waals surface area contributed by atoms with E-state index in [1.165, 1.54) is 7.05 Å². The number of hydrogen-bond acceptors (Lipinski definition) is 3. The standard InChI is InChI=1S/C10H16F2N4O.HI/c1-6-8(7(2)17-16-6)4-14-10(13-3)15-5-9(11)12;/h9H,4-5H2,1-3H3,(H2,13,14,15);1H. The van der Waals surface area contributed by atoms with Crippen LogP contribution in [0.1, 0.15) is 17.0 Å². The lowest BCUT2D eigenvalue weighted by molar-refractivity contribution is 0.152. The van der Waals surface area contributed by atoms with Gasteiger partial charge in [-0.3, -0.25) is 4.99 Å². The topological polar surface area (TPSA) is 62.5 Å². The maximum atomic E-state index is 12.0. The zero-order chi connectivity index (χ0) is 12.8. The van der Waals surface area contributed by atoms with Gasteiger partial charge in [-0.25, -0.2) is 8.78 Å². The van der Waals surface area contributed by atoms with Crippen LogP contribution in [0.4, 0.5) is 8.78 Å². The number of rotatable bonds is 4. The van der Waals surface area contributed by atoms with E-state index in [2.05, 4.69) is 20.8 Å². The van der Waals surface area contributed by atoms with Crippen LogP contribution < -0.4 is 10.6 Å². The number of aliphatic imine (C=N–C) groups is 1. The first kappa shape index (κ1) is 17.1. The molecule has 0 radical (unpaired) electrons. The Kier molecular flexibility index (Phi) is 7.80. The van der Waals surface area contributed by atoms with Crippen molar-refractivity contribution < 1.29 is 13.3 Å². The molecule has 18 heavy (non-hydrogen) atoms. The van der Waals surface area contributed by atoms with Gasteiger partial charge < -0.3 is 15.2 Å². The molecule has 1 aromatic heterocycles. The molecule has 0 aliphatic heterocycles. The van der Waals surface area contributed by atoms with Crippen molar-refractivity contribution in [1.29, 1.82) is 0 Å². The van der Waals surface area contributed by atoms with Crippen LogP contribution in [0.3, 0.4) is 0 Å². The fourth-order valence-corrected chi connectivity index (χ4v) is 1.32. The summed E-state index contributed by atoms with van der Waals surface area (Å²) in [5.41, 5.74) is 1.68. The van der Waals surface area contributed by atoms with Crippen molar-refractivity contribution in [2.45, 2.75) is 26.8 Å². The van der Waals surface area contributed by atoms with Crippen molar-refractivity contribution in [3.63, 3.8) is 0 Å². The van der Waals surface area contributed by atoms with Crippen LogP contribution >= 0.6 is 24.0 Å². The molecular weight excluding hydrogens is 357 g/mol. The fraction of sp³-hybridized carbons (Fsp3) is 0.600. The Morgan fingerprint density at radius 1 is 1.39 bits per heavy atom. The lowest BCUT2D eigenvalue weighted by atomic mass is 10.2. The molecule has 0 aliphatic carbocycles. The molecule has 0 atom stereocenters. The number of alkyl halides is 2. The third-order valence-corrected chi connectivity index (χ3v) is 2.26. The zero-order valence-corrected chi connectivity index (χ0v) is 12.8. The van der Waals surface area contributed by atoms with Gasteiger partial charge in [-0.2, -0.15) is 0 Å². The molecule has 0 amide bonds. The van der Waals surface area contributed by atoms with E-state index in [-0.39, 0.29) is 24.0 Å². The number of halogens is 3. The fourth-order valence-electron chi connectivity index (χ4n) is 1.32. The minimum Gasteiger partial charge on any atom is -0.361 e. The normalized spacial score (nSPS) is 11.3. The molecule has 0 spiro atoms. The van der Waals surface area contributed by atoms with Gasteiger partial charge in [0.15, 0.2) is 5.96 Å². The molecule has 0 unspecified atom stereocenters. The Hall–Kier alpha value is -0.930. The first-order valence-corrected chi connectivity index (χ1v) is 5.19. The van der Waals surface area contributed by atoms with E-state index in [0.717, 1.165) is 11.3 Å². The predicted octanol–water partition coefficient (Wildman–Crippen LogP) is 1.84. The Labute approximate surface area is 121 Å². The van der Waals surface area contributed by atoms with Gasteiger partial charge in [0.25, 0.3) is 6.43 Å². The highest BCUT2D eigenvalue weighted by atomic mass is 127. The van der Waals surface area contributed by atoms with Gasteiger partial charge >= 0.3 is 0 Å². The number of hydrogen-bond donors (Lipinski definition) is 2. The van der Waals surface area contributed by atoms with Crippen molar-refractivity contribution in [1.82, 2.24) is 15.8 Å². The van der Waals surface area contributed by atoms with E-state index in [9.17, 15) is 8.78 Å². The van der Waals surface area contributed by atoms with Crippen LogP contribution in [0.25, 0.3) is 0 Å². The molecule has 2 N–H and O–H groups in total. The predicted molar refractivity (Wildman–Crippen MR) is 75.6 cm³/mol. The molecule has 104 valence electrons. The highest BCUT2D eigenvalue weighted by molar-refractivity contribution is 14.0. The minimum atomic E-state index is -2.41. The molecule has 1 heterocycles. The quantitative estimate of drug-likeness (QED) is 0.480. The zero-order valence-electron chi connectivity index (χ0n) is 10.5. The van der Waals surface area contributed by atoms with Gasteiger partial charge in [0, 0.05) is 19.2 Å². The van der Waals surface area contributed by atoms with Gasteiger partial charge in [0.1, 0.15) is 5.76 Å². The minimum absolute atomic E-state index is 0. The van der Waals surface area contributed by atoms with Crippen LogP contribution in [-0.4, -0.2) is 31.1 Å². The number of nitrogens with zero attached hydrogens (tertiary/aromatic N) is 2. The summed E-state index contributed by atoms with van der Waals surface area (Å²) in [5.74, 6) is 1.03. The number of guanidine groups is 1. The van der Waals surface area contributed by atoms with Crippen molar-refractivity contribution in [3.05, 3.63) is 17.0 Å². The van der Waals surface area contributed by atoms with Gasteiger partial charge in [0.05, 0.1) is 12.2 Å². The summed E-state index contributed by atoms with van der Waals surface area (Å²) in [6, 6.07) is 0. The molecule has 1 aromatic rings. The molecule has 0 bridgehead atoms. The highest BCUT2D eigenvalue weighted by Crippen LogP contribution is 2.11. The SMILES string of the molecule is CN=C(NCc1c(C)noc1C)NCC(F)F.I. The molecule has 0 fully saturated rings. The van der Waals surface area contributed by atoms with Crippen LogP contribution in [0.15, 0.2) is 9.52 Å². The van der Waals surface area contributed by atoms with Gasteiger partial charge in [-0.05, 0) is 13.8 Å². The van der Waals surface area contributed by atoms with Gasteiger partial charge in [-0.15, -0.1) is 24.0 Å². The van der Waals surface area contributed by atoms with Crippen LogP contribution in [0.2, 0.25) is 0 Å². The van der Waals surface area contributed by atoms with Crippen molar-refractivity contribution in [2.75, 3.05) is 13.6 Å². The Morgan fingerprint density at radius 3 is 2.50 bits per heavy atom. The second kappa shape index (κ2) is 8.22. The summed E-state index contributed by atoms with van der Waals surface area (Å²) in [6.45, 7) is 3.63. The lowest BCUT2D eigenvalue weighted by Gasteiger charge is -2.11. The Balaban J connectivity index is 0.00000289. The lowest BCUT2D eigenvalue weighted by Crippen LogP contribution is -2.39. The first-order chi connectivity index (χ1) is 8.04. The van der Waals surface area contributed by atoms with E-state index in [1.54, 1.807) is 6.92 Å². The molecule has 1 rings (SSSR count). The number of aromatic nitrogens is 1. The Bertz CT molecular complexity index is 376. The average molecular weight is 374 g/mol. The molecule has 8 heteroatoms. The largest absolute Gasteiger partial charge is 0.361 e. The summed E-state index contributed by atoms with van der Waals surface area (Å²) < 4.78 is 29.0. The molecular formula is C10H17F2IN4O. The Morgan fingerprint density at radius 2 is 2.06 bits per heavy atom. The second-order valence-electron chi connectivity index (χ2n) is 3.50. The summed E-state index contributed by atoms with van der Waals surface area (Å²) in [7, 11) is 1.52.